The van der Waals surface area contributed by atoms with Crippen LogP contribution in [-0.4, -0.2) is 58.6 Å². The Morgan fingerprint density at radius 2 is 1.82 bits per heavy atom. The summed E-state index contributed by atoms with van der Waals surface area (Å²) in [4.78, 5) is 21.1. The number of hydrogen-bond donors (Lipinski definition) is 0. The molecule has 0 unspecified atom stereocenters. The zero-order chi connectivity index (χ0) is 15.4. The first kappa shape index (κ1) is 15.5. The van der Waals surface area contributed by atoms with Crippen LogP contribution in [0.15, 0.2) is 4.52 Å². The standard InChI is InChI=1S/C16H26N4O2/c1-13-17-16(22-18-13)14-6-10-19(11-7-14)12-15(21)20-8-4-2-3-5-9-20/h14H,2-12H2,1H3. The van der Waals surface area contributed by atoms with E-state index >= 15 is 0 Å². The van der Waals surface area contributed by atoms with Crippen LogP contribution in [0.25, 0.3) is 0 Å². The lowest BCUT2D eigenvalue weighted by Crippen LogP contribution is -2.43. The quantitative estimate of drug-likeness (QED) is 0.854. The number of hydrogen-bond acceptors (Lipinski definition) is 5. The van der Waals surface area contributed by atoms with Crippen LogP contribution < -0.4 is 0 Å². The van der Waals surface area contributed by atoms with Crippen LogP contribution >= 0.6 is 0 Å². The minimum absolute atomic E-state index is 0.300. The molecule has 6 heteroatoms. The molecule has 0 aliphatic carbocycles. The third-order valence-electron chi connectivity index (χ3n) is 4.80. The zero-order valence-corrected chi connectivity index (χ0v) is 13.5. The van der Waals surface area contributed by atoms with Gasteiger partial charge in [-0.1, -0.05) is 18.0 Å². The number of carbonyl (C=O) groups is 1. The minimum Gasteiger partial charge on any atom is -0.342 e. The molecule has 3 heterocycles. The summed E-state index contributed by atoms with van der Waals surface area (Å²) in [5.74, 6) is 2.12. The molecule has 0 N–H and O–H groups in total. The summed E-state index contributed by atoms with van der Waals surface area (Å²) in [5, 5.41) is 3.87. The second-order valence-electron chi connectivity index (χ2n) is 6.53. The van der Waals surface area contributed by atoms with Crippen molar-refractivity contribution in [2.75, 3.05) is 32.7 Å². The molecule has 22 heavy (non-hydrogen) atoms. The summed E-state index contributed by atoms with van der Waals surface area (Å²) in [5.41, 5.74) is 0. The monoisotopic (exact) mass is 306 g/mol. The van der Waals surface area contributed by atoms with Gasteiger partial charge >= 0.3 is 0 Å². The Labute approximate surface area is 131 Å². The van der Waals surface area contributed by atoms with E-state index in [1.807, 2.05) is 6.92 Å². The average Bonchev–Trinajstić information content (AvgIpc) is 2.79. The number of amides is 1. The molecule has 2 aliphatic rings. The molecule has 6 nitrogen and oxygen atoms in total. The largest absolute Gasteiger partial charge is 0.342 e. The predicted octanol–water partition coefficient (Wildman–Crippen LogP) is 1.96. The van der Waals surface area contributed by atoms with Gasteiger partial charge in [0.2, 0.25) is 11.8 Å². The predicted molar refractivity (Wildman–Crippen MR) is 82.5 cm³/mol. The number of aromatic nitrogens is 2. The highest BCUT2D eigenvalue weighted by Crippen LogP contribution is 2.26. The molecular formula is C16H26N4O2. The summed E-state index contributed by atoms with van der Waals surface area (Å²) in [7, 11) is 0. The van der Waals surface area contributed by atoms with Crippen molar-refractivity contribution in [3.63, 3.8) is 0 Å². The van der Waals surface area contributed by atoms with Crippen molar-refractivity contribution in [3.05, 3.63) is 11.7 Å². The minimum atomic E-state index is 0.300. The van der Waals surface area contributed by atoms with Gasteiger partial charge in [0.15, 0.2) is 5.82 Å². The van der Waals surface area contributed by atoms with Gasteiger partial charge in [0, 0.05) is 19.0 Å². The number of aryl methyl sites for hydroxylation is 1. The van der Waals surface area contributed by atoms with Crippen LogP contribution in [0.2, 0.25) is 0 Å². The van der Waals surface area contributed by atoms with Crippen LogP contribution in [0.3, 0.4) is 0 Å². The second kappa shape index (κ2) is 7.22. The van der Waals surface area contributed by atoms with E-state index < -0.39 is 0 Å². The molecular weight excluding hydrogens is 280 g/mol. The lowest BCUT2D eigenvalue weighted by atomic mass is 9.97. The Balaban J connectivity index is 1.46. The first-order chi connectivity index (χ1) is 10.7. The molecule has 2 fully saturated rings. The molecule has 2 aliphatic heterocycles. The molecule has 0 spiro atoms. The first-order valence-electron chi connectivity index (χ1n) is 8.53. The van der Waals surface area contributed by atoms with E-state index in [1.165, 1.54) is 12.8 Å². The average molecular weight is 306 g/mol. The summed E-state index contributed by atoms with van der Waals surface area (Å²) >= 11 is 0. The maximum absolute atomic E-state index is 12.4. The molecule has 0 saturated carbocycles. The Hall–Kier alpha value is -1.43. The molecule has 2 saturated heterocycles. The highest BCUT2D eigenvalue weighted by Gasteiger charge is 2.27. The molecule has 1 amide bonds. The third kappa shape index (κ3) is 3.85. The van der Waals surface area contributed by atoms with Gasteiger partial charge in [0.05, 0.1) is 6.54 Å². The van der Waals surface area contributed by atoms with Gasteiger partial charge in [-0.3, -0.25) is 9.69 Å². The number of carbonyl (C=O) groups excluding carboxylic acids is 1. The van der Waals surface area contributed by atoms with Crippen molar-refractivity contribution in [3.8, 4) is 0 Å². The Morgan fingerprint density at radius 1 is 1.14 bits per heavy atom. The summed E-state index contributed by atoms with van der Waals surface area (Å²) in [6.45, 7) is 6.17. The van der Waals surface area contributed by atoms with E-state index in [0.717, 1.165) is 57.8 Å². The van der Waals surface area contributed by atoms with Crippen molar-refractivity contribution in [1.82, 2.24) is 19.9 Å². The van der Waals surface area contributed by atoms with Gasteiger partial charge in [0.1, 0.15) is 0 Å². The second-order valence-corrected chi connectivity index (χ2v) is 6.53. The van der Waals surface area contributed by atoms with E-state index in [4.69, 9.17) is 4.52 Å². The van der Waals surface area contributed by atoms with Gasteiger partial charge < -0.3 is 9.42 Å². The summed E-state index contributed by atoms with van der Waals surface area (Å²) < 4.78 is 5.27. The van der Waals surface area contributed by atoms with Gasteiger partial charge in [-0.05, 0) is 45.7 Å². The number of piperidine rings is 1. The van der Waals surface area contributed by atoms with Gasteiger partial charge in [-0.2, -0.15) is 4.98 Å². The van der Waals surface area contributed by atoms with E-state index in [0.29, 0.717) is 24.2 Å². The fourth-order valence-corrected chi connectivity index (χ4v) is 3.43. The Bertz CT molecular complexity index is 486. The van der Waals surface area contributed by atoms with Crippen molar-refractivity contribution in [2.45, 2.75) is 51.4 Å². The van der Waals surface area contributed by atoms with Crippen LogP contribution in [0.4, 0.5) is 0 Å². The molecule has 0 aromatic carbocycles. The van der Waals surface area contributed by atoms with Crippen molar-refractivity contribution >= 4 is 5.91 Å². The third-order valence-corrected chi connectivity index (χ3v) is 4.80. The fourth-order valence-electron chi connectivity index (χ4n) is 3.43. The highest BCUT2D eigenvalue weighted by atomic mass is 16.5. The van der Waals surface area contributed by atoms with E-state index in [2.05, 4.69) is 19.9 Å². The van der Waals surface area contributed by atoms with Crippen molar-refractivity contribution in [1.29, 1.82) is 0 Å². The van der Waals surface area contributed by atoms with Gasteiger partial charge in [-0.15, -0.1) is 0 Å². The lowest BCUT2D eigenvalue weighted by Gasteiger charge is -2.31. The molecule has 0 atom stereocenters. The molecule has 0 radical (unpaired) electrons. The maximum atomic E-state index is 12.4. The van der Waals surface area contributed by atoms with Crippen LogP contribution in [-0.2, 0) is 4.79 Å². The molecule has 122 valence electrons. The smallest absolute Gasteiger partial charge is 0.236 e. The lowest BCUT2D eigenvalue weighted by molar-refractivity contribution is -0.132. The van der Waals surface area contributed by atoms with Gasteiger partial charge in [-0.25, -0.2) is 0 Å². The number of rotatable bonds is 3. The summed E-state index contributed by atoms with van der Waals surface area (Å²) in [6.07, 6.45) is 6.83. The van der Waals surface area contributed by atoms with Crippen molar-refractivity contribution < 1.29 is 9.32 Å². The van der Waals surface area contributed by atoms with E-state index in [9.17, 15) is 4.79 Å². The Morgan fingerprint density at radius 3 is 2.41 bits per heavy atom. The van der Waals surface area contributed by atoms with E-state index in [-0.39, 0.29) is 0 Å². The molecule has 0 bridgehead atoms. The molecule has 3 rings (SSSR count). The molecule has 1 aromatic rings. The maximum Gasteiger partial charge on any atom is 0.236 e. The van der Waals surface area contributed by atoms with Crippen LogP contribution in [0.5, 0.6) is 0 Å². The summed E-state index contributed by atoms with van der Waals surface area (Å²) in [6, 6.07) is 0. The van der Waals surface area contributed by atoms with Crippen LogP contribution in [0.1, 0.15) is 56.2 Å². The zero-order valence-electron chi connectivity index (χ0n) is 13.5. The topological polar surface area (TPSA) is 62.5 Å². The van der Waals surface area contributed by atoms with Gasteiger partial charge in [0.25, 0.3) is 0 Å². The normalized spacial score (nSPS) is 21.8. The van der Waals surface area contributed by atoms with Crippen molar-refractivity contribution in [2.24, 2.45) is 0 Å². The Kier molecular flexibility index (Phi) is 5.08. The number of nitrogens with zero attached hydrogens (tertiary/aromatic N) is 4. The molecule has 1 aromatic heterocycles. The number of likely N-dealkylation sites (tertiary alicyclic amines) is 2. The SMILES string of the molecule is Cc1noc(C2CCN(CC(=O)N3CCCCCC3)CC2)n1. The van der Waals surface area contributed by atoms with Crippen LogP contribution in [0, 0.1) is 6.92 Å². The first-order valence-corrected chi connectivity index (χ1v) is 8.53. The fraction of sp³-hybridized carbons (Fsp3) is 0.812. The highest BCUT2D eigenvalue weighted by molar-refractivity contribution is 5.78. The van der Waals surface area contributed by atoms with E-state index in [1.54, 1.807) is 0 Å².